The third-order valence-electron chi connectivity index (χ3n) is 4.31. The predicted molar refractivity (Wildman–Crippen MR) is 95.6 cm³/mol. The number of carbonyl (C=O) groups excluding carboxylic acids is 3. The molecule has 126 valence electrons. The van der Waals surface area contributed by atoms with E-state index < -0.39 is 11.8 Å². The fraction of sp³-hybridized carbons (Fsp3) is 0. The third kappa shape index (κ3) is 2.38. The zero-order chi connectivity index (χ0) is 18.3. The molecule has 0 saturated heterocycles. The fourth-order valence-corrected chi connectivity index (χ4v) is 3.01. The van der Waals surface area contributed by atoms with E-state index in [1.54, 1.807) is 36.4 Å². The Bertz CT molecular complexity index is 1060. The number of benzene rings is 3. The Kier molecular flexibility index (Phi) is 3.62. The highest BCUT2D eigenvalue weighted by Crippen LogP contribution is 2.34. The predicted octanol–water partition coefficient (Wildman–Crippen LogP) is 3.42. The minimum atomic E-state index is -0.561. The average Bonchev–Trinajstić information content (AvgIpc) is 2.92. The van der Waals surface area contributed by atoms with Crippen molar-refractivity contribution in [2.75, 3.05) is 4.90 Å². The Balaban J connectivity index is 1.76. The first-order valence-electron chi connectivity index (χ1n) is 7.98. The highest BCUT2D eigenvalue weighted by Gasteiger charge is 2.38. The number of imide groups is 1. The molecule has 0 aromatic heterocycles. The molecule has 1 aliphatic heterocycles. The van der Waals surface area contributed by atoms with Gasteiger partial charge in [-0.15, -0.1) is 0 Å². The van der Waals surface area contributed by atoms with Crippen molar-refractivity contribution in [2.24, 2.45) is 0 Å². The maximum absolute atomic E-state index is 12.8. The molecule has 5 heteroatoms. The Morgan fingerprint density at radius 3 is 2.12 bits per heavy atom. The molecule has 0 atom stereocenters. The lowest BCUT2D eigenvalue weighted by Gasteiger charge is -2.14. The van der Waals surface area contributed by atoms with Gasteiger partial charge in [-0.2, -0.15) is 0 Å². The average molecular weight is 343 g/mol. The first kappa shape index (κ1) is 15.8. The first-order chi connectivity index (χ1) is 12.6. The van der Waals surface area contributed by atoms with Crippen LogP contribution in [0, 0.1) is 0 Å². The maximum atomic E-state index is 12.8. The van der Waals surface area contributed by atoms with Crippen molar-refractivity contribution in [3.05, 3.63) is 95.1 Å². The molecule has 0 aliphatic carbocycles. The molecule has 5 nitrogen and oxygen atoms in total. The van der Waals surface area contributed by atoms with E-state index in [-0.39, 0.29) is 28.3 Å². The minimum Gasteiger partial charge on any atom is -0.506 e. The summed E-state index contributed by atoms with van der Waals surface area (Å²) >= 11 is 0. The number of hydrogen-bond acceptors (Lipinski definition) is 4. The molecule has 26 heavy (non-hydrogen) atoms. The van der Waals surface area contributed by atoms with E-state index in [1.165, 1.54) is 30.3 Å². The van der Waals surface area contributed by atoms with Crippen molar-refractivity contribution in [2.45, 2.75) is 0 Å². The van der Waals surface area contributed by atoms with E-state index in [1.807, 2.05) is 6.07 Å². The summed E-state index contributed by atoms with van der Waals surface area (Å²) in [6, 6.07) is 19.3. The van der Waals surface area contributed by atoms with Crippen molar-refractivity contribution in [3.63, 3.8) is 0 Å². The Hall–Kier alpha value is -3.73. The highest BCUT2D eigenvalue weighted by atomic mass is 16.3. The van der Waals surface area contributed by atoms with Gasteiger partial charge in [-0.1, -0.05) is 48.5 Å². The second-order valence-electron chi connectivity index (χ2n) is 5.89. The number of anilines is 1. The number of amides is 2. The summed E-state index contributed by atoms with van der Waals surface area (Å²) in [5.74, 6) is -1.48. The van der Waals surface area contributed by atoms with Crippen LogP contribution >= 0.6 is 0 Å². The topological polar surface area (TPSA) is 74.7 Å². The first-order valence-corrected chi connectivity index (χ1v) is 7.98. The zero-order valence-electron chi connectivity index (χ0n) is 13.5. The summed E-state index contributed by atoms with van der Waals surface area (Å²) < 4.78 is 0. The molecule has 0 bridgehead atoms. The van der Waals surface area contributed by atoms with E-state index >= 15 is 0 Å². The van der Waals surface area contributed by atoms with Crippen LogP contribution in [0.3, 0.4) is 0 Å². The van der Waals surface area contributed by atoms with E-state index in [2.05, 4.69) is 0 Å². The van der Waals surface area contributed by atoms with Crippen LogP contribution in [0.5, 0.6) is 5.75 Å². The van der Waals surface area contributed by atoms with Crippen molar-refractivity contribution in [3.8, 4) is 5.75 Å². The number of carbonyl (C=O) groups is 3. The molecule has 0 saturated carbocycles. The molecule has 2 amide bonds. The van der Waals surface area contributed by atoms with Gasteiger partial charge in [0.25, 0.3) is 11.8 Å². The van der Waals surface area contributed by atoms with Gasteiger partial charge in [-0.25, -0.2) is 4.90 Å². The second kappa shape index (κ2) is 5.97. The monoisotopic (exact) mass is 343 g/mol. The second-order valence-corrected chi connectivity index (χ2v) is 5.89. The number of para-hydroxylation sites is 2. The SMILES string of the molecule is O=C(c1ccccc1)c1ccc2c(c1)C(=O)N(c1ccccc1O)C2=O. The van der Waals surface area contributed by atoms with Crippen molar-refractivity contribution < 1.29 is 19.5 Å². The molecule has 0 unspecified atom stereocenters. The number of rotatable bonds is 3. The van der Waals surface area contributed by atoms with Crippen molar-refractivity contribution >= 4 is 23.3 Å². The molecule has 3 aromatic rings. The number of phenolic OH excluding ortho intramolecular Hbond substituents is 1. The number of fused-ring (bicyclic) bond motifs is 1. The summed E-state index contributed by atoms with van der Waals surface area (Å²) in [4.78, 5) is 38.9. The van der Waals surface area contributed by atoms with E-state index in [4.69, 9.17) is 0 Å². The summed E-state index contributed by atoms with van der Waals surface area (Å²) in [5.41, 5.74) is 1.31. The Morgan fingerprint density at radius 2 is 1.38 bits per heavy atom. The van der Waals surface area contributed by atoms with E-state index in [0.717, 1.165) is 4.90 Å². The van der Waals surface area contributed by atoms with Gasteiger partial charge in [0.15, 0.2) is 5.78 Å². The van der Waals surface area contributed by atoms with Crippen LogP contribution in [0.1, 0.15) is 36.6 Å². The summed E-state index contributed by atoms with van der Waals surface area (Å²) in [6.45, 7) is 0. The van der Waals surface area contributed by atoms with Gasteiger partial charge < -0.3 is 5.11 Å². The molecular weight excluding hydrogens is 330 g/mol. The van der Waals surface area contributed by atoms with Crippen LogP contribution in [0.2, 0.25) is 0 Å². The number of hydrogen-bond donors (Lipinski definition) is 1. The number of phenols is 1. The van der Waals surface area contributed by atoms with Crippen LogP contribution in [0.25, 0.3) is 0 Å². The van der Waals surface area contributed by atoms with E-state index in [9.17, 15) is 19.5 Å². The number of aromatic hydroxyl groups is 1. The van der Waals surface area contributed by atoms with Gasteiger partial charge in [0.05, 0.1) is 16.8 Å². The largest absolute Gasteiger partial charge is 0.506 e. The fourth-order valence-electron chi connectivity index (χ4n) is 3.01. The lowest BCUT2D eigenvalue weighted by Crippen LogP contribution is -2.29. The summed E-state index contributed by atoms with van der Waals surface area (Å²) in [7, 11) is 0. The molecule has 0 spiro atoms. The minimum absolute atomic E-state index is 0.120. The molecule has 3 aromatic carbocycles. The maximum Gasteiger partial charge on any atom is 0.266 e. The van der Waals surface area contributed by atoms with Crippen molar-refractivity contribution in [1.29, 1.82) is 0 Å². The molecule has 0 radical (unpaired) electrons. The van der Waals surface area contributed by atoms with Crippen LogP contribution in [0.4, 0.5) is 5.69 Å². The standard InChI is InChI=1S/C21H13NO4/c23-18-9-5-4-8-17(18)22-20(25)15-11-10-14(12-16(15)21(22)26)19(24)13-6-2-1-3-7-13/h1-12,23H. The van der Waals surface area contributed by atoms with Crippen LogP contribution in [0.15, 0.2) is 72.8 Å². The van der Waals surface area contributed by atoms with Crippen LogP contribution < -0.4 is 4.90 Å². The molecular formula is C21H13NO4. The van der Waals surface area contributed by atoms with Gasteiger partial charge in [0.2, 0.25) is 0 Å². The number of ketones is 1. The van der Waals surface area contributed by atoms with E-state index in [0.29, 0.717) is 11.1 Å². The van der Waals surface area contributed by atoms with Gasteiger partial charge in [0.1, 0.15) is 5.75 Å². The smallest absolute Gasteiger partial charge is 0.266 e. The third-order valence-corrected chi connectivity index (χ3v) is 4.31. The van der Waals surface area contributed by atoms with Gasteiger partial charge >= 0.3 is 0 Å². The summed E-state index contributed by atoms with van der Waals surface area (Å²) in [6.07, 6.45) is 0. The zero-order valence-corrected chi connectivity index (χ0v) is 13.5. The molecule has 0 fully saturated rings. The molecule has 1 heterocycles. The van der Waals surface area contributed by atoms with Crippen LogP contribution in [-0.2, 0) is 0 Å². The Morgan fingerprint density at radius 1 is 0.731 bits per heavy atom. The van der Waals surface area contributed by atoms with Crippen molar-refractivity contribution in [1.82, 2.24) is 0 Å². The lowest BCUT2D eigenvalue weighted by molar-refractivity contribution is 0.0924. The molecule has 1 aliphatic rings. The quantitative estimate of drug-likeness (QED) is 0.584. The number of nitrogens with zero attached hydrogens (tertiary/aromatic N) is 1. The lowest BCUT2D eigenvalue weighted by atomic mass is 9.99. The van der Waals surface area contributed by atoms with Gasteiger partial charge in [-0.3, -0.25) is 14.4 Å². The summed E-state index contributed by atoms with van der Waals surface area (Å²) in [5, 5.41) is 9.98. The van der Waals surface area contributed by atoms with Gasteiger partial charge in [0, 0.05) is 11.1 Å². The highest BCUT2D eigenvalue weighted by molar-refractivity contribution is 6.35. The van der Waals surface area contributed by atoms with Gasteiger partial charge in [-0.05, 0) is 24.3 Å². The van der Waals surface area contributed by atoms with Crippen LogP contribution in [-0.4, -0.2) is 22.7 Å². The normalized spacial score (nSPS) is 13.0. The Labute approximate surface area is 149 Å². The molecule has 4 rings (SSSR count). The molecule has 1 N–H and O–H groups in total.